The summed E-state index contributed by atoms with van der Waals surface area (Å²) in [5.74, 6) is -0.0114. The standard InChI is InChI=1S/C49H94N2O5/c1-5-7-9-11-18-24-34-44-54-48(53)38-27-20-15-14-17-22-32-43-51(47(52)37-28-33-41-50(3)4)42-31-21-16-12-13-19-25-36-46-56-49(39-29-26-30-40-49)55-45-35-23-10-8-6-2/h24,34H,5-23,25-33,35-46H2,1-4H3/b34-24-. The Balaban J connectivity index is 2.17. The minimum atomic E-state index is -0.297. The number of nitrogens with zero attached hydrogens (tertiary/aromatic N) is 2. The van der Waals surface area contributed by atoms with Crippen molar-refractivity contribution < 1.29 is 23.8 Å². The fourth-order valence-electron chi connectivity index (χ4n) is 7.88. The Morgan fingerprint density at radius 3 is 1.54 bits per heavy atom. The van der Waals surface area contributed by atoms with E-state index in [0.717, 1.165) is 97.1 Å². The van der Waals surface area contributed by atoms with Crippen LogP contribution in [0.4, 0.5) is 0 Å². The van der Waals surface area contributed by atoms with Crippen LogP contribution in [0.15, 0.2) is 12.2 Å². The van der Waals surface area contributed by atoms with E-state index in [4.69, 9.17) is 14.2 Å². The van der Waals surface area contributed by atoms with Crippen molar-refractivity contribution in [3.8, 4) is 0 Å². The summed E-state index contributed by atoms with van der Waals surface area (Å²) < 4.78 is 18.2. The zero-order valence-corrected chi connectivity index (χ0v) is 37.9. The fourth-order valence-corrected chi connectivity index (χ4v) is 7.88. The van der Waals surface area contributed by atoms with Crippen molar-refractivity contribution in [2.24, 2.45) is 0 Å². The molecule has 0 radical (unpaired) electrons. The molecule has 0 saturated heterocycles. The lowest BCUT2D eigenvalue weighted by Crippen LogP contribution is -2.38. The van der Waals surface area contributed by atoms with E-state index in [-0.39, 0.29) is 11.8 Å². The Kier molecular flexibility index (Phi) is 36.7. The van der Waals surface area contributed by atoms with Gasteiger partial charge in [-0.2, -0.15) is 0 Å². The summed E-state index contributed by atoms with van der Waals surface area (Å²) in [6.07, 6.45) is 43.6. The topological polar surface area (TPSA) is 68.3 Å². The van der Waals surface area contributed by atoms with Crippen LogP contribution >= 0.6 is 0 Å². The van der Waals surface area contributed by atoms with Crippen LogP contribution in [-0.4, -0.2) is 81.0 Å². The Morgan fingerprint density at radius 1 is 0.518 bits per heavy atom. The molecule has 0 aliphatic heterocycles. The summed E-state index contributed by atoms with van der Waals surface area (Å²) in [7, 11) is 4.21. The van der Waals surface area contributed by atoms with Crippen molar-refractivity contribution >= 4 is 11.9 Å². The average molecular weight is 791 g/mol. The van der Waals surface area contributed by atoms with Crippen LogP contribution < -0.4 is 0 Å². The van der Waals surface area contributed by atoms with Gasteiger partial charge in [0.25, 0.3) is 0 Å². The summed E-state index contributed by atoms with van der Waals surface area (Å²) in [6.45, 7) is 9.47. The van der Waals surface area contributed by atoms with Gasteiger partial charge in [-0.25, -0.2) is 0 Å². The molecule has 0 bridgehead atoms. The van der Waals surface area contributed by atoms with Crippen LogP contribution in [0.2, 0.25) is 0 Å². The zero-order chi connectivity index (χ0) is 40.6. The van der Waals surface area contributed by atoms with Gasteiger partial charge >= 0.3 is 5.97 Å². The summed E-state index contributed by atoms with van der Waals surface area (Å²) in [6, 6.07) is 0. The molecule has 1 amide bonds. The van der Waals surface area contributed by atoms with Gasteiger partial charge in [-0.15, -0.1) is 0 Å². The maximum absolute atomic E-state index is 13.2. The van der Waals surface area contributed by atoms with Crippen LogP contribution in [0, 0.1) is 0 Å². The largest absolute Gasteiger partial charge is 0.461 e. The number of hydrogen-bond acceptors (Lipinski definition) is 6. The van der Waals surface area contributed by atoms with Crippen molar-refractivity contribution in [3.63, 3.8) is 0 Å². The molecule has 0 heterocycles. The third-order valence-corrected chi connectivity index (χ3v) is 11.6. The second-order valence-corrected chi connectivity index (χ2v) is 17.3. The van der Waals surface area contributed by atoms with Crippen molar-refractivity contribution in [1.82, 2.24) is 9.80 Å². The highest BCUT2D eigenvalue weighted by molar-refractivity contribution is 5.76. The lowest BCUT2D eigenvalue weighted by atomic mass is 9.94. The summed E-state index contributed by atoms with van der Waals surface area (Å²) in [5.41, 5.74) is 0. The second-order valence-electron chi connectivity index (χ2n) is 17.3. The Labute approximate surface area is 348 Å². The predicted molar refractivity (Wildman–Crippen MR) is 238 cm³/mol. The number of carbonyl (C=O) groups is 2. The molecule has 0 spiro atoms. The van der Waals surface area contributed by atoms with Crippen LogP contribution in [0.5, 0.6) is 0 Å². The van der Waals surface area contributed by atoms with E-state index in [1.165, 1.54) is 141 Å². The molecule has 56 heavy (non-hydrogen) atoms. The van der Waals surface area contributed by atoms with Gasteiger partial charge in [0.05, 0.1) is 13.2 Å². The number of hydrogen-bond donors (Lipinski definition) is 0. The number of rotatable bonds is 41. The van der Waals surface area contributed by atoms with Crippen LogP contribution in [-0.2, 0) is 23.8 Å². The van der Waals surface area contributed by atoms with E-state index >= 15 is 0 Å². The molecule has 1 saturated carbocycles. The monoisotopic (exact) mass is 791 g/mol. The van der Waals surface area contributed by atoms with E-state index in [1.807, 2.05) is 6.08 Å². The molecule has 1 aliphatic carbocycles. The van der Waals surface area contributed by atoms with Gasteiger partial charge in [0, 0.05) is 38.8 Å². The lowest BCUT2D eigenvalue weighted by molar-refractivity contribution is -0.253. The van der Waals surface area contributed by atoms with Crippen molar-refractivity contribution in [3.05, 3.63) is 12.2 Å². The maximum atomic E-state index is 13.2. The minimum absolute atomic E-state index is 0.0688. The van der Waals surface area contributed by atoms with Gasteiger partial charge in [-0.05, 0) is 91.3 Å². The first kappa shape index (κ1) is 52.6. The quantitative estimate of drug-likeness (QED) is 0.0266. The molecule has 1 aliphatic rings. The molecule has 0 aromatic heterocycles. The van der Waals surface area contributed by atoms with Gasteiger partial charge in [-0.1, -0.05) is 148 Å². The van der Waals surface area contributed by atoms with Crippen molar-refractivity contribution in [1.29, 1.82) is 0 Å². The fraction of sp³-hybridized carbons (Fsp3) is 0.918. The highest BCUT2D eigenvalue weighted by atomic mass is 16.7. The molecule has 1 fully saturated rings. The first-order valence-electron chi connectivity index (χ1n) is 24.4. The molecular weight excluding hydrogens is 697 g/mol. The Bertz CT molecular complexity index is 903. The van der Waals surface area contributed by atoms with E-state index in [1.54, 1.807) is 0 Å². The van der Waals surface area contributed by atoms with Gasteiger partial charge < -0.3 is 24.0 Å². The third kappa shape index (κ3) is 32.5. The molecule has 1 rings (SSSR count). The molecule has 0 N–H and O–H groups in total. The highest BCUT2D eigenvalue weighted by Gasteiger charge is 2.33. The number of amides is 1. The molecule has 0 aromatic rings. The summed E-state index contributed by atoms with van der Waals surface area (Å²) >= 11 is 0. The molecule has 330 valence electrons. The Morgan fingerprint density at radius 2 is 0.982 bits per heavy atom. The van der Waals surface area contributed by atoms with Gasteiger partial charge in [0.2, 0.25) is 5.91 Å². The number of esters is 1. The lowest BCUT2D eigenvalue weighted by Gasteiger charge is -2.37. The number of ether oxygens (including phenoxy) is 3. The van der Waals surface area contributed by atoms with E-state index < -0.39 is 0 Å². The highest BCUT2D eigenvalue weighted by Crippen LogP contribution is 2.33. The SMILES string of the molecule is CCCCCC/C=C\COC(=O)CCCCCCCCCN(CCCCCCCCCCOC1(OCCCCCCC)CCCCC1)C(=O)CCCCN(C)C. The normalized spacial score (nSPS) is 14.2. The zero-order valence-electron chi connectivity index (χ0n) is 37.9. The third-order valence-electron chi connectivity index (χ3n) is 11.6. The van der Waals surface area contributed by atoms with E-state index in [9.17, 15) is 9.59 Å². The second kappa shape index (κ2) is 39.0. The average Bonchev–Trinajstić information content (AvgIpc) is 3.19. The van der Waals surface area contributed by atoms with E-state index in [0.29, 0.717) is 25.4 Å². The maximum Gasteiger partial charge on any atom is 0.306 e. The van der Waals surface area contributed by atoms with Gasteiger partial charge in [-0.3, -0.25) is 9.59 Å². The first-order chi connectivity index (χ1) is 27.4. The smallest absolute Gasteiger partial charge is 0.306 e. The van der Waals surface area contributed by atoms with Crippen molar-refractivity contribution in [2.75, 3.05) is 53.6 Å². The first-order valence-corrected chi connectivity index (χ1v) is 24.4. The summed E-state index contributed by atoms with van der Waals surface area (Å²) in [5, 5.41) is 0. The molecular formula is C49H94N2O5. The Hall–Kier alpha value is -1.44. The number of carbonyl (C=O) groups excluding carboxylic acids is 2. The number of unbranched alkanes of at least 4 members (excludes halogenated alkanes) is 22. The summed E-state index contributed by atoms with van der Waals surface area (Å²) in [4.78, 5) is 29.6. The molecule has 7 heteroatoms. The van der Waals surface area contributed by atoms with Gasteiger partial charge in [0.1, 0.15) is 6.61 Å². The van der Waals surface area contributed by atoms with Gasteiger partial charge in [0.15, 0.2) is 5.79 Å². The molecule has 7 nitrogen and oxygen atoms in total. The van der Waals surface area contributed by atoms with E-state index in [2.05, 4.69) is 43.8 Å². The predicted octanol–water partition coefficient (Wildman–Crippen LogP) is 13.5. The van der Waals surface area contributed by atoms with Crippen LogP contribution in [0.3, 0.4) is 0 Å². The van der Waals surface area contributed by atoms with Crippen LogP contribution in [0.25, 0.3) is 0 Å². The molecule has 0 unspecified atom stereocenters. The minimum Gasteiger partial charge on any atom is -0.461 e. The number of allylic oxidation sites excluding steroid dienone is 1. The molecule has 0 atom stereocenters. The van der Waals surface area contributed by atoms with Crippen LogP contribution in [0.1, 0.15) is 232 Å². The molecule has 0 aromatic carbocycles. The van der Waals surface area contributed by atoms with Crippen molar-refractivity contribution in [2.45, 2.75) is 238 Å².